The SMILES string of the molecule is O.O=C1CO1. The number of cyclic esters (lactones) is 1. The minimum atomic E-state index is -0.0833. The summed E-state index contributed by atoms with van der Waals surface area (Å²) in [5, 5.41) is 0. The van der Waals surface area contributed by atoms with Crippen LogP contribution in [0.3, 0.4) is 0 Å². The van der Waals surface area contributed by atoms with Crippen LogP contribution in [0.1, 0.15) is 0 Å². The first kappa shape index (κ1) is 4.43. The van der Waals surface area contributed by atoms with Crippen molar-refractivity contribution in [1.29, 1.82) is 0 Å². The molecule has 1 saturated heterocycles. The highest BCUT2D eigenvalue weighted by molar-refractivity contribution is 5.82. The first-order valence-electron chi connectivity index (χ1n) is 1.05. The highest BCUT2D eigenvalue weighted by Crippen LogP contribution is 1.90. The van der Waals surface area contributed by atoms with Crippen molar-refractivity contribution in [1.82, 2.24) is 0 Å². The molecule has 0 spiro atoms. The maximum absolute atomic E-state index is 9.33. The zero-order valence-electron chi connectivity index (χ0n) is 2.52. The fourth-order valence-corrected chi connectivity index (χ4v) is 0.0295. The third-order valence-electron chi connectivity index (χ3n) is 0.262. The largest absolute Gasteiger partial charge is 0.451 e. The summed E-state index contributed by atoms with van der Waals surface area (Å²) in [4.78, 5) is 9.33. The summed E-state index contributed by atoms with van der Waals surface area (Å²) < 4.78 is 4.07. The molecule has 2 N–H and O–H groups in total. The lowest BCUT2D eigenvalue weighted by Gasteiger charge is -1.32. The second kappa shape index (κ2) is 1.03. The van der Waals surface area contributed by atoms with Crippen molar-refractivity contribution in [2.75, 3.05) is 6.61 Å². The van der Waals surface area contributed by atoms with Crippen LogP contribution in [0.4, 0.5) is 0 Å². The van der Waals surface area contributed by atoms with Crippen molar-refractivity contribution >= 4 is 5.97 Å². The number of rotatable bonds is 0. The van der Waals surface area contributed by atoms with Gasteiger partial charge in [-0.05, 0) is 0 Å². The minimum absolute atomic E-state index is 0. The van der Waals surface area contributed by atoms with E-state index >= 15 is 0 Å². The average molecular weight is 76.1 g/mol. The molecule has 30 valence electrons. The Morgan fingerprint density at radius 3 is 2.00 bits per heavy atom. The fourth-order valence-electron chi connectivity index (χ4n) is 0.0295. The molecule has 0 atom stereocenters. The van der Waals surface area contributed by atoms with Crippen molar-refractivity contribution in [2.24, 2.45) is 0 Å². The second-order valence-electron chi connectivity index (χ2n) is 0.661. The first-order valence-corrected chi connectivity index (χ1v) is 1.05. The summed E-state index contributed by atoms with van der Waals surface area (Å²) in [7, 11) is 0. The van der Waals surface area contributed by atoms with Crippen LogP contribution in [0.5, 0.6) is 0 Å². The summed E-state index contributed by atoms with van der Waals surface area (Å²) in [6, 6.07) is 0. The monoisotopic (exact) mass is 76.0 g/mol. The quantitative estimate of drug-likeness (QED) is 0.337. The van der Waals surface area contributed by atoms with Gasteiger partial charge in [-0.2, -0.15) is 0 Å². The number of ether oxygens (including phenoxy) is 1. The summed E-state index contributed by atoms with van der Waals surface area (Å²) >= 11 is 0. The Hall–Kier alpha value is -0.570. The van der Waals surface area contributed by atoms with Gasteiger partial charge in [-0.1, -0.05) is 0 Å². The van der Waals surface area contributed by atoms with E-state index in [1.807, 2.05) is 0 Å². The molecule has 1 fully saturated rings. The molecule has 1 aliphatic rings. The van der Waals surface area contributed by atoms with E-state index in [2.05, 4.69) is 4.74 Å². The van der Waals surface area contributed by atoms with Crippen LogP contribution in [0, 0.1) is 0 Å². The maximum atomic E-state index is 9.33. The van der Waals surface area contributed by atoms with Crippen molar-refractivity contribution in [2.45, 2.75) is 0 Å². The average Bonchev–Trinajstić information content (AvgIpc) is 1.75. The van der Waals surface area contributed by atoms with E-state index < -0.39 is 0 Å². The predicted octanol–water partition coefficient (Wildman–Crippen LogP) is -1.28. The van der Waals surface area contributed by atoms with E-state index in [9.17, 15) is 4.79 Å². The molecule has 0 aromatic carbocycles. The third-order valence-corrected chi connectivity index (χ3v) is 0.262. The van der Waals surface area contributed by atoms with E-state index in [0.29, 0.717) is 6.61 Å². The van der Waals surface area contributed by atoms with Crippen LogP contribution in [-0.2, 0) is 9.53 Å². The number of carbonyl (C=O) groups is 1. The van der Waals surface area contributed by atoms with Crippen molar-refractivity contribution in [3.05, 3.63) is 0 Å². The molecular weight excluding hydrogens is 72.0 g/mol. The molecule has 0 bridgehead atoms. The topological polar surface area (TPSA) is 61.1 Å². The van der Waals surface area contributed by atoms with Crippen LogP contribution in [0.15, 0.2) is 0 Å². The smallest absolute Gasteiger partial charge is 0.344 e. The lowest BCUT2D eigenvalue weighted by atomic mass is 11.0. The van der Waals surface area contributed by atoms with E-state index in [4.69, 9.17) is 0 Å². The summed E-state index contributed by atoms with van der Waals surface area (Å²) in [5.74, 6) is -0.0833. The minimum Gasteiger partial charge on any atom is -0.451 e. The van der Waals surface area contributed by atoms with Crippen LogP contribution in [-0.4, -0.2) is 18.1 Å². The van der Waals surface area contributed by atoms with Gasteiger partial charge in [-0.25, -0.2) is 4.79 Å². The van der Waals surface area contributed by atoms with Crippen molar-refractivity contribution in [3.63, 3.8) is 0 Å². The zero-order valence-corrected chi connectivity index (χ0v) is 2.52. The van der Waals surface area contributed by atoms with Gasteiger partial charge >= 0.3 is 5.97 Å². The van der Waals surface area contributed by atoms with Crippen molar-refractivity contribution < 1.29 is 15.0 Å². The Bertz CT molecular complexity index is 42.9. The van der Waals surface area contributed by atoms with Gasteiger partial charge < -0.3 is 10.2 Å². The van der Waals surface area contributed by atoms with Crippen molar-refractivity contribution in [3.8, 4) is 0 Å². The van der Waals surface area contributed by atoms with E-state index in [1.165, 1.54) is 0 Å². The number of hydrogen-bond donors (Lipinski definition) is 0. The third kappa shape index (κ3) is 1.19. The van der Waals surface area contributed by atoms with Crippen LogP contribution in [0.2, 0.25) is 0 Å². The van der Waals surface area contributed by atoms with Crippen LogP contribution >= 0.6 is 0 Å². The molecular formula is C2H4O3. The lowest BCUT2D eigenvalue weighted by molar-refractivity contribution is -0.117. The van der Waals surface area contributed by atoms with Gasteiger partial charge in [-0.15, -0.1) is 0 Å². The molecule has 0 unspecified atom stereocenters. The molecule has 3 heteroatoms. The first-order chi connectivity index (χ1) is 1.89. The van der Waals surface area contributed by atoms with Gasteiger partial charge in [-0.3, -0.25) is 0 Å². The fraction of sp³-hybridized carbons (Fsp3) is 0.500. The zero-order chi connectivity index (χ0) is 2.99. The Balaban J connectivity index is 0.000000160. The summed E-state index contributed by atoms with van der Waals surface area (Å²) in [6.07, 6.45) is 0. The molecule has 0 saturated carbocycles. The molecule has 0 aromatic heterocycles. The Kier molecular flexibility index (Phi) is 0.914. The molecule has 1 heterocycles. The predicted molar refractivity (Wildman–Crippen MR) is 14.6 cm³/mol. The number of hydrogen-bond acceptors (Lipinski definition) is 2. The highest BCUT2D eigenvalue weighted by atomic mass is 16.6. The number of carbonyl (C=O) groups excluding carboxylic acids is 1. The summed E-state index contributed by atoms with van der Waals surface area (Å²) in [6.45, 7) is 0.347. The Morgan fingerprint density at radius 1 is 1.80 bits per heavy atom. The standard InChI is InChI=1S/C2H2O2.H2O/c3-2-1-4-2;/h1H2;1H2. The number of epoxide rings is 1. The molecule has 0 aliphatic carbocycles. The van der Waals surface area contributed by atoms with Gasteiger partial charge in [0.15, 0.2) is 6.61 Å². The van der Waals surface area contributed by atoms with Gasteiger partial charge in [0.05, 0.1) is 0 Å². The molecule has 3 nitrogen and oxygen atoms in total. The van der Waals surface area contributed by atoms with E-state index in [0.717, 1.165) is 0 Å². The molecule has 0 aromatic rings. The molecule has 5 heavy (non-hydrogen) atoms. The van der Waals surface area contributed by atoms with Gasteiger partial charge in [0.1, 0.15) is 0 Å². The Labute approximate surface area is 28.9 Å². The van der Waals surface area contributed by atoms with E-state index in [-0.39, 0.29) is 11.4 Å². The normalized spacial score (nSPS) is 15.6. The van der Waals surface area contributed by atoms with E-state index in [1.54, 1.807) is 0 Å². The maximum Gasteiger partial charge on any atom is 0.344 e. The molecule has 1 rings (SSSR count). The van der Waals surface area contributed by atoms with Crippen LogP contribution in [0.25, 0.3) is 0 Å². The van der Waals surface area contributed by atoms with Gasteiger partial charge in [0.2, 0.25) is 0 Å². The summed E-state index contributed by atoms with van der Waals surface area (Å²) in [5.41, 5.74) is 0. The molecule has 1 aliphatic heterocycles. The lowest BCUT2D eigenvalue weighted by Crippen LogP contribution is -1.50. The second-order valence-corrected chi connectivity index (χ2v) is 0.661. The molecule has 0 radical (unpaired) electrons. The Morgan fingerprint density at radius 2 is 2.00 bits per heavy atom. The molecule has 0 amide bonds. The van der Waals surface area contributed by atoms with Crippen LogP contribution < -0.4 is 0 Å². The van der Waals surface area contributed by atoms with Gasteiger partial charge in [0.25, 0.3) is 0 Å². The highest BCUT2D eigenvalue weighted by Gasteiger charge is 2.15. The van der Waals surface area contributed by atoms with Gasteiger partial charge in [0, 0.05) is 0 Å².